The van der Waals surface area contributed by atoms with Gasteiger partial charge in [0.2, 0.25) is 11.8 Å². The van der Waals surface area contributed by atoms with Gasteiger partial charge in [-0.05, 0) is 51.1 Å². The highest BCUT2D eigenvalue weighted by Gasteiger charge is 2.24. The quantitative estimate of drug-likeness (QED) is 0.546. The lowest BCUT2D eigenvalue weighted by atomic mass is 9.95. The molecule has 9 heteroatoms. The molecule has 0 saturated carbocycles. The summed E-state index contributed by atoms with van der Waals surface area (Å²) in [6, 6.07) is 10.1. The molecule has 5 rings (SSSR count). The van der Waals surface area contributed by atoms with E-state index in [1.807, 2.05) is 19.2 Å². The van der Waals surface area contributed by atoms with Gasteiger partial charge < -0.3 is 14.4 Å². The Balaban J connectivity index is 1.20. The van der Waals surface area contributed by atoms with Crippen molar-refractivity contribution in [1.82, 2.24) is 24.8 Å². The van der Waals surface area contributed by atoms with Crippen LogP contribution < -0.4 is 9.64 Å². The summed E-state index contributed by atoms with van der Waals surface area (Å²) >= 11 is 0. The van der Waals surface area contributed by atoms with Crippen molar-refractivity contribution in [2.24, 2.45) is 0 Å². The molecule has 1 aromatic carbocycles. The third-order valence-electron chi connectivity index (χ3n) is 6.23. The van der Waals surface area contributed by atoms with Crippen LogP contribution in [0.15, 0.2) is 42.6 Å². The van der Waals surface area contributed by atoms with Crippen LogP contribution in [-0.2, 0) is 11.3 Å². The molecule has 0 radical (unpaired) electrons. The number of ether oxygens (including phenoxy) is 2. The van der Waals surface area contributed by atoms with Crippen molar-refractivity contribution in [3.05, 3.63) is 65.6 Å². The number of benzene rings is 1. The standard InChI is InChI=1S/C25H29FN6O2/c1-18-16-23(34-22-5-3-2-4-21(22)26)30-24(28-18)19-7-10-31(11-8-19)17-20-6-9-27-25(29-20)32-12-14-33-15-13-32/h2-6,9,16,19H,7-8,10-15,17H2,1H3. The van der Waals surface area contributed by atoms with Crippen LogP contribution in [0.2, 0.25) is 0 Å². The topological polar surface area (TPSA) is 76.5 Å². The second-order valence-electron chi connectivity index (χ2n) is 8.74. The number of para-hydroxylation sites is 1. The summed E-state index contributed by atoms with van der Waals surface area (Å²) in [6.07, 6.45) is 3.74. The van der Waals surface area contributed by atoms with Crippen molar-refractivity contribution >= 4 is 5.95 Å². The summed E-state index contributed by atoms with van der Waals surface area (Å²) in [5, 5.41) is 0. The zero-order valence-corrected chi connectivity index (χ0v) is 19.4. The van der Waals surface area contributed by atoms with Crippen molar-refractivity contribution in [2.45, 2.75) is 32.2 Å². The number of rotatable bonds is 6. The molecule has 8 nitrogen and oxygen atoms in total. The second-order valence-corrected chi connectivity index (χ2v) is 8.74. The minimum atomic E-state index is -0.407. The van der Waals surface area contributed by atoms with E-state index in [9.17, 15) is 4.39 Å². The Labute approximate surface area is 198 Å². The molecular formula is C25H29FN6O2. The van der Waals surface area contributed by atoms with Crippen molar-refractivity contribution < 1.29 is 13.9 Å². The summed E-state index contributed by atoms with van der Waals surface area (Å²) in [4.78, 5) is 23.1. The number of piperidine rings is 1. The lowest BCUT2D eigenvalue weighted by Gasteiger charge is -2.31. The number of halogens is 1. The Morgan fingerprint density at radius 3 is 2.62 bits per heavy atom. The van der Waals surface area contributed by atoms with E-state index in [4.69, 9.17) is 14.5 Å². The number of morpholine rings is 1. The smallest absolute Gasteiger partial charge is 0.225 e. The van der Waals surface area contributed by atoms with Crippen molar-refractivity contribution in [1.29, 1.82) is 0 Å². The fourth-order valence-corrected chi connectivity index (χ4v) is 4.40. The van der Waals surface area contributed by atoms with Gasteiger partial charge in [0.1, 0.15) is 5.82 Å². The Kier molecular flexibility index (Phi) is 6.92. The van der Waals surface area contributed by atoms with Gasteiger partial charge in [-0.25, -0.2) is 19.3 Å². The van der Waals surface area contributed by atoms with Gasteiger partial charge in [0.15, 0.2) is 11.6 Å². The highest BCUT2D eigenvalue weighted by Crippen LogP contribution is 2.29. The molecule has 0 amide bonds. The molecule has 3 aromatic rings. The first-order valence-corrected chi connectivity index (χ1v) is 11.8. The number of nitrogens with zero attached hydrogens (tertiary/aromatic N) is 6. The Morgan fingerprint density at radius 2 is 1.82 bits per heavy atom. The SMILES string of the molecule is Cc1cc(Oc2ccccc2F)nc(C2CCN(Cc3ccnc(N4CCOCC4)n3)CC2)n1. The average Bonchev–Trinajstić information content (AvgIpc) is 2.86. The molecule has 2 fully saturated rings. The van der Waals surface area contributed by atoms with Crippen molar-refractivity contribution in [3.8, 4) is 11.6 Å². The monoisotopic (exact) mass is 464 g/mol. The number of hydrogen-bond acceptors (Lipinski definition) is 8. The number of likely N-dealkylation sites (tertiary alicyclic amines) is 1. The largest absolute Gasteiger partial charge is 0.436 e. The minimum absolute atomic E-state index is 0.169. The van der Waals surface area contributed by atoms with Crippen LogP contribution in [0.25, 0.3) is 0 Å². The highest BCUT2D eigenvalue weighted by atomic mass is 19.1. The van der Waals surface area contributed by atoms with Crippen molar-refractivity contribution in [2.75, 3.05) is 44.3 Å². The van der Waals surface area contributed by atoms with E-state index in [-0.39, 0.29) is 11.7 Å². The zero-order valence-electron chi connectivity index (χ0n) is 19.4. The van der Waals surface area contributed by atoms with Gasteiger partial charge in [0.25, 0.3) is 0 Å². The summed E-state index contributed by atoms with van der Waals surface area (Å²) in [5.74, 6) is 1.94. The van der Waals surface area contributed by atoms with Crippen LogP contribution in [0.5, 0.6) is 11.6 Å². The summed E-state index contributed by atoms with van der Waals surface area (Å²) in [6.45, 7) is 7.66. The normalized spacial score (nSPS) is 17.6. The molecule has 0 N–H and O–H groups in total. The first-order chi connectivity index (χ1) is 16.6. The maximum absolute atomic E-state index is 14.0. The number of aromatic nitrogens is 4. The molecule has 0 spiro atoms. The number of anilines is 1. The molecule has 0 aliphatic carbocycles. The molecule has 178 valence electrons. The van der Waals surface area contributed by atoms with Gasteiger partial charge in [-0.1, -0.05) is 12.1 Å². The van der Waals surface area contributed by atoms with E-state index in [2.05, 4.69) is 24.8 Å². The van der Waals surface area contributed by atoms with Crippen LogP contribution in [-0.4, -0.2) is 64.2 Å². The van der Waals surface area contributed by atoms with Crippen LogP contribution in [0.4, 0.5) is 10.3 Å². The first kappa shape index (κ1) is 22.6. The molecule has 0 atom stereocenters. The molecule has 0 bridgehead atoms. The Bertz CT molecular complexity index is 1120. The number of aryl methyl sites for hydroxylation is 1. The van der Waals surface area contributed by atoms with Gasteiger partial charge >= 0.3 is 0 Å². The van der Waals surface area contributed by atoms with Crippen LogP contribution >= 0.6 is 0 Å². The third-order valence-corrected chi connectivity index (χ3v) is 6.23. The van der Waals surface area contributed by atoms with Crippen LogP contribution in [0, 0.1) is 12.7 Å². The van der Waals surface area contributed by atoms with Gasteiger partial charge in [0, 0.05) is 43.5 Å². The van der Waals surface area contributed by atoms with E-state index >= 15 is 0 Å². The highest BCUT2D eigenvalue weighted by molar-refractivity contribution is 5.31. The average molecular weight is 465 g/mol. The predicted molar refractivity (Wildman–Crippen MR) is 126 cm³/mol. The van der Waals surface area contributed by atoms with Gasteiger partial charge in [-0.3, -0.25) is 4.90 Å². The molecule has 2 saturated heterocycles. The summed E-state index contributed by atoms with van der Waals surface area (Å²) < 4.78 is 25.1. The predicted octanol–water partition coefficient (Wildman–Crippen LogP) is 3.72. The molecule has 2 aliphatic heterocycles. The van der Waals surface area contributed by atoms with Crippen molar-refractivity contribution in [3.63, 3.8) is 0 Å². The van der Waals surface area contributed by atoms with Crippen LogP contribution in [0.1, 0.15) is 36.0 Å². The fourth-order valence-electron chi connectivity index (χ4n) is 4.40. The zero-order chi connectivity index (χ0) is 23.3. The first-order valence-electron chi connectivity index (χ1n) is 11.8. The minimum Gasteiger partial charge on any atom is -0.436 e. The molecule has 2 aromatic heterocycles. The summed E-state index contributed by atoms with van der Waals surface area (Å²) in [5.41, 5.74) is 1.85. The lowest BCUT2D eigenvalue weighted by Crippen LogP contribution is -2.37. The van der Waals surface area contributed by atoms with E-state index in [1.165, 1.54) is 6.07 Å². The van der Waals surface area contributed by atoms with E-state index in [1.54, 1.807) is 24.3 Å². The molecule has 34 heavy (non-hydrogen) atoms. The Hall–Kier alpha value is -3.17. The third kappa shape index (κ3) is 5.48. The maximum Gasteiger partial charge on any atom is 0.225 e. The lowest BCUT2D eigenvalue weighted by molar-refractivity contribution is 0.122. The number of hydrogen-bond donors (Lipinski definition) is 0. The van der Waals surface area contributed by atoms with Gasteiger partial charge in [-0.15, -0.1) is 0 Å². The molecular weight excluding hydrogens is 435 g/mol. The van der Waals surface area contributed by atoms with Gasteiger partial charge in [0.05, 0.1) is 18.9 Å². The van der Waals surface area contributed by atoms with Crippen LogP contribution in [0.3, 0.4) is 0 Å². The molecule has 4 heterocycles. The van der Waals surface area contributed by atoms with E-state index in [0.717, 1.165) is 81.9 Å². The maximum atomic E-state index is 14.0. The Morgan fingerprint density at radius 1 is 1.03 bits per heavy atom. The van der Waals surface area contributed by atoms with E-state index in [0.29, 0.717) is 5.88 Å². The fraction of sp³-hybridized carbons (Fsp3) is 0.440. The molecule has 0 unspecified atom stereocenters. The van der Waals surface area contributed by atoms with E-state index < -0.39 is 5.82 Å². The van der Waals surface area contributed by atoms with Gasteiger partial charge in [-0.2, -0.15) is 4.98 Å². The second kappa shape index (κ2) is 10.4. The summed E-state index contributed by atoms with van der Waals surface area (Å²) in [7, 11) is 0. The molecule has 2 aliphatic rings.